The highest BCUT2D eigenvalue weighted by molar-refractivity contribution is 5.90. The molecule has 0 aliphatic heterocycles. The molecule has 100 valence electrons. The van der Waals surface area contributed by atoms with Gasteiger partial charge in [-0.15, -0.1) is 5.10 Å². The van der Waals surface area contributed by atoms with Crippen LogP contribution in [0.4, 0.5) is 0 Å². The molecule has 8 heteroatoms. The number of esters is 1. The third kappa shape index (κ3) is 2.39. The van der Waals surface area contributed by atoms with Crippen LogP contribution in [0.3, 0.4) is 0 Å². The molecule has 1 aromatic carbocycles. The summed E-state index contributed by atoms with van der Waals surface area (Å²) in [5.74, 6) is -0.0102. The molecular weight excluding hydrogens is 260 g/mol. The molecule has 0 aliphatic carbocycles. The van der Waals surface area contributed by atoms with Crippen LogP contribution >= 0.6 is 0 Å². The first-order valence-corrected chi connectivity index (χ1v) is 5.76. The Bertz CT molecular complexity index is 717. The fourth-order valence-electron chi connectivity index (χ4n) is 1.64. The summed E-state index contributed by atoms with van der Waals surface area (Å²) in [6.07, 6.45) is 4.53. The average molecular weight is 270 g/mol. The van der Waals surface area contributed by atoms with Gasteiger partial charge >= 0.3 is 5.97 Å². The van der Waals surface area contributed by atoms with Gasteiger partial charge in [0, 0.05) is 13.2 Å². The Balaban J connectivity index is 1.74. The SMILES string of the molecule is Cn1cc(C(=O)Oc2ccc(-n3cnnn3)cc2)cn1. The fourth-order valence-corrected chi connectivity index (χ4v) is 1.64. The minimum Gasteiger partial charge on any atom is -0.423 e. The molecule has 3 aromatic rings. The number of benzene rings is 1. The first-order chi connectivity index (χ1) is 9.72. The third-order valence-corrected chi connectivity index (χ3v) is 2.60. The van der Waals surface area contributed by atoms with Crippen molar-refractivity contribution in [2.75, 3.05) is 0 Å². The maximum atomic E-state index is 11.8. The van der Waals surface area contributed by atoms with E-state index in [1.165, 1.54) is 21.9 Å². The van der Waals surface area contributed by atoms with Crippen molar-refractivity contribution in [2.24, 2.45) is 7.05 Å². The molecule has 2 aromatic heterocycles. The molecule has 3 rings (SSSR count). The first kappa shape index (κ1) is 12.0. The van der Waals surface area contributed by atoms with E-state index in [1.807, 2.05) is 0 Å². The zero-order valence-corrected chi connectivity index (χ0v) is 10.5. The van der Waals surface area contributed by atoms with Gasteiger partial charge in [0.1, 0.15) is 12.1 Å². The summed E-state index contributed by atoms with van der Waals surface area (Å²) in [6.45, 7) is 0. The second kappa shape index (κ2) is 4.92. The minimum atomic E-state index is -0.451. The number of nitrogens with zero attached hydrogens (tertiary/aromatic N) is 6. The van der Waals surface area contributed by atoms with Crippen LogP contribution in [0.2, 0.25) is 0 Å². The highest BCUT2D eigenvalue weighted by Crippen LogP contribution is 2.15. The zero-order chi connectivity index (χ0) is 13.9. The van der Waals surface area contributed by atoms with Gasteiger partial charge < -0.3 is 4.74 Å². The largest absolute Gasteiger partial charge is 0.423 e. The first-order valence-electron chi connectivity index (χ1n) is 5.76. The fraction of sp³-hybridized carbons (Fsp3) is 0.0833. The Labute approximate surface area is 113 Å². The normalized spacial score (nSPS) is 10.4. The number of carbonyl (C=O) groups excluding carboxylic acids is 1. The molecule has 0 fully saturated rings. The van der Waals surface area contributed by atoms with Crippen LogP contribution in [0.15, 0.2) is 43.0 Å². The minimum absolute atomic E-state index is 0.400. The molecule has 0 N–H and O–H groups in total. The van der Waals surface area contributed by atoms with Crippen LogP contribution in [0, 0.1) is 0 Å². The molecule has 20 heavy (non-hydrogen) atoms. The van der Waals surface area contributed by atoms with Gasteiger partial charge in [0.25, 0.3) is 0 Å². The van der Waals surface area contributed by atoms with E-state index in [-0.39, 0.29) is 0 Å². The van der Waals surface area contributed by atoms with Gasteiger partial charge in [0.15, 0.2) is 0 Å². The number of hydrogen-bond donors (Lipinski definition) is 0. The molecule has 0 radical (unpaired) electrons. The van der Waals surface area contributed by atoms with Crippen LogP contribution in [0.25, 0.3) is 5.69 Å². The molecule has 8 nitrogen and oxygen atoms in total. The molecule has 0 spiro atoms. The summed E-state index contributed by atoms with van der Waals surface area (Å²) < 4.78 is 8.28. The summed E-state index contributed by atoms with van der Waals surface area (Å²) >= 11 is 0. The lowest BCUT2D eigenvalue weighted by Crippen LogP contribution is -2.07. The Kier molecular flexibility index (Phi) is 2.96. The van der Waals surface area contributed by atoms with Crippen LogP contribution in [0.5, 0.6) is 5.75 Å². The number of rotatable bonds is 3. The lowest BCUT2D eigenvalue weighted by molar-refractivity contribution is 0.0734. The molecular formula is C12H10N6O2. The van der Waals surface area contributed by atoms with Gasteiger partial charge in [-0.1, -0.05) is 0 Å². The monoisotopic (exact) mass is 270 g/mol. The van der Waals surface area contributed by atoms with Crippen molar-refractivity contribution in [1.82, 2.24) is 30.0 Å². The van der Waals surface area contributed by atoms with Crippen molar-refractivity contribution in [1.29, 1.82) is 0 Å². The van der Waals surface area contributed by atoms with Gasteiger partial charge in [-0.25, -0.2) is 9.48 Å². The van der Waals surface area contributed by atoms with Crippen molar-refractivity contribution in [3.8, 4) is 11.4 Å². The van der Waals surface area contributed by atoms with E-state index >= 15 is 0 Å². The van der Waals surface area contributed by atoms with Crippen molar-refractivity contribution in [3.63, 3.8) is 0 Å². The molecule has 0 amide bonds. The Morgan fingerprint density at radius 1 is 1.25 bits per heavy atom. The Morgan fingerprint density at radius 2 is 2.05 bits per heavy atom. The number of carbonyl (C=O) groups is 1. The van der Waals surface area contributed by atoms with E-state index < -0.39 is 5.97 Å². The number of aryl methyl sites for hydroxylation is 1. The van der Waals surface area contributed by atoms with Gasteiger partial charge in [0.05, 0.1) is 17.4 Å². The highest BCUT2D eigenvalue weighted by atomic mass is 16.5. The van der Waals surface area contributed by atoms with Gasteiger partial charge in [0.2, 0.25) is 0 Å². The molecule has 0 saturated carbocycles. The third-order valence-electron chi connectivity index (χ3n) is 2.60. The quantitative estimate of drug-likeness (QED) is 0.512. The van der Waals surface area contributed by atoms with Gasteiger partial charge in [-0.3, -0.25) is 4.68 Å². The topological polar surface area (TPSA) is 87.7 Å². The molecule has 0 unspecified atom stereocenters. The molecule has 0 atom stereocenters. The summed E-state index contributed by atoms with van der Waals surface area (Å²) in [6, 6.07) is 6.85. The van der Waals surface area contributed by atoms with Crippen molar-refractivity contribution >= 4 is 5.97 Å². The summed E-state index contributed by atoms with van der Waals surface area (Å²) in [5.41, 5.74) is 1.17. The summed E-state index contributed by atoms with van der Waals surface area (Å²) in [7, 11) is 1.73. The second-order valence-electron chi connectivity index (χ2n) is 4.04. The van der Waals surface area contributed by atoms with Crippen molar-refractivity contribution < 1.29 is 9.53 Å². The maximum absolute atomic E-state index is 11.8. The van der Waals surface area contributed by atoms with E-state index in [4.69, 9.17) is 4.74 Å². The van der Waals surface area contributed by atoms with E-state index in [0.717, 1.165) is 5.69 Å². The van der Waals surface area contributed by atoms with Crippen LogP contribution in [-0.4, -0.2) is 36.0 Å². The van der Waals surface area contributed by atoms with Crippen LogP contribution in [0.1, 0.15) is 10.4 Å². The van der Waals surface area contributed by atoms with Gasteiger partial charge in [-0.05, 0) is 34.7 Å². The van der Waals surface area contributed by atoms with Crippen molar-refractivity contribution in [2.45, 2.75) is 0 Å². The predicted molar refractivity (Wildman–Crippen MR) is 67.3 cm³/mol. The number of aromatic nitrogens is 6. The van der Waals surface area contributed by atoms with E-state index in [0.29, 0.717) is 11.3 Å². The average Bonchev–Trinajstić information content (AvgIpc) is 3.10. The second-order valence-corrected chi connectivity index (χ2v) is 4.04. The number of tetrazole rings is 1. The Hall–Kier alpha value is -3.03. The smallest absolute Gasteiger partial charge is 0.346 e. The van der Waals surface area contributed by atoms with E-state index in [2.05, 4.69) is 20.6 Å². The molecule has 0 bridgehead atoms. The standard InChI is InChI=1S/C12H10N6O2/c1-17-7-9(6-14-17)12(19)20-11-4-2-10(3-5-11)18-8-13-15-16-18/h2-8H,1H3. The number of ether oxygens (including phenoxy) is 1. The molecule has 0 saturated heterocycles. The molecule has 0 aliphatic rings. The maximum Gasteiger partial charge on any atom is 0.346 e. The van der Waals surface area contributed by atoms with Crippen molar-refractivity contribution in [3.05, 3.63) is 48.5 Å². The molecule has 2 heterocycles. The zero-order valence-electron chi connectivity index (χ0n) is 10.5. The Morgan fingerprint density at radius 3 is 2.65 bits per heavy atom. The van der Waals surface area contributed by atoms with Crippen LogP contribution in [-0.2, 0) is 7.05 Å². The van der Waals surface area contributed by atoms with Gasteiger partial charge in [-0.2, -0.15) is 5.10 Å². The number of hydrogen-bond acceptors (Lipinski definition) is 6. The summed E-state index contributed by atoms with van der Waals surface area (Å²) in [4.78, 5) is 11.8. The van der Waals surface area contributed by atoms with E-state index in [1.54, 1.807) is 37.5 Å². The van der Waals surface area contributed by atoms with Crippen LogP contribution < -0.4 is 4.74 Å². The highest BCUT2D eigenvalue weighted by Gasteiger charge is 2.10. The predicted octanol–water partition coefficient (Wildman–Crippen LogP) is 0.615. The lowest BCUT2D eigenvalue weighted by Gasteiger charge is -2.04. The van der Waals surface area contributed by atoms with E-state index in [9.17, 15) is 4.79 Å². The lowest BCUT2D eigenvalue weighted by atomic mass is 10.3. The summed E-state index contributed by atoms with van der Waals surface area (Å²) in [5, 5.41) is 14.8.